The van der Waals surface area contributed by atoms with E-state index >= 15 is 0 Å². The van der Waals surface area contributed by atoms with Crippen molar-refractivity contribution in [3.8, 4) is 5.82 Å². The van der Waals surface area contributed by atoms with Gasteiger partial charge < -0.3 is 14.7 Å². The maximum absolute atomic E-state index is 12.3. The molecule has 3 aromatic heterocycles. The second kappa shape index (κ2) is 8.71. The number of carbonyl (C=O) groups excluding carboxylic acids is 1. The minimum absolute atomic E-state index is 0.00838. The van der Waals surface area contributed by atoms with E-state index in [1.165, 1.54) is 6.20 Å². The van der Waals surface area contributed by atoms with E-state index in [1.807, 2.05) is 54.2 Å². The summed E-state index contributed by atoms with van der Waals surface area (Å²) in [5.41, 5.74) is 7.67. The number of carbonyl (C=O) groups is 1. The highest BCUT2D eigenvalue weighted by Crippen LogP contribution is 2.24. The number of aliphatic imine (C=N–C) groups is 1. The zero-order valence-corrected chi connectivity index (χ0v) is 16.0. The fourth-order valence-electron chi connectivity index (χ4n) is 2.75. The molecular weight excluding hydrogens is 366 g/mol. The molecule has 0 unspecified atom stereocenters. The van der Waals surface area contributed by atoms with E-state index in [-0.39, 0.29) is 11.9 Å². The van der Waals surface area contributed by atoms with Crippen molar-refractivity contribution in [2.75, 3.05) is 0 Å². The number of nitrogens with one attached hydrogen (secondary N) is 1. The highest BCUT2D eigenvalue weighted by atomic mass is 16.3. The molecule has 7 nitrogen and oxygen atoms in total. The van der Waals surface area contributed by atoms with Gasteiger partial charge in [-0.1, -0.05) is 0 Å². The lowest BCUT2D eigenvalue weighted by atomic mass is 10.2. The van der Waals surface area contributed by atoms with E-state index < -0.39 is 0 Å². The molecule has 7 heteroatoms. The number of nitrogens with two attached hydrogens (primary N) is 1. The van der Waals surface area contributed by atoms with Crippen LogP contribution in [0.1, 0.15) is 16.1 Å². The second-order valence-corrected chi connectivity index (χ2v) is 6.03. The zero-order chi connectivity index (χ0) is 20.8. The molecule has 3 heterocycles. The molecule has 1 amide bonds. The van der Waals surface area contributed by atoms with E-state index in [1.54, 1.807) is 18.2 Å². The van der Waals surface area contributed by atoms with Crippen LogP contribution in [0.5, 0.6) is 0 Å². The molecule has 4 rings (SSSR count). The first-order chi connectivity index (χ1) is 14.1. The van der Waals surface area contributed by atoms with Crippen molar-refractivity contribution in [2.24, 2.45) is 10.7 Å². The van der Waals surface area contributed by atoms with Crippen molar-refractivity contribution in [3.05, 3.63) is 91.6 Å². The molecule has 0 saturated carbocycles. The summed E-state index contributed by atoms with van der Waals surface area (Å²) in [6, 6.07) is 14.6. The minimum Gasteiger partial charge on any atom is -0.461 e. The molecule has 0 spiro atoms. The van der Waals surface area contributed by atoms with Gasteiger partial charge in [0.2, 0.25) is 5.96 Å². The van der Waals surface area contributed by atoms with Gasteiger partial charge >= 0.3 is 0 Å². The summed E-state index contributed by atoms with van der Waals surface area (Å²) in [5, 5.41) is 3.50. The van der Waals surface area contributed by atoms with Gasteiger partial charge in [-0.3, -0.25) is 10.1 Å². The van der Waals surface area contributed by atoms with Crippen LogP contribution in [0, 0.1) is 6.92 Å². The number of rotatable bonds is 3. The lowest BCUT2D eigenvalue weighted by molar-refractivity contribution is 0.0976. The van der Waals surface area contributed by atoms with Gasteiger partial charge in [0.1, 0.15) is 17.2 Å². The predicted octanol–water partition coefficient (Wildman–Crippen LogP) is 4.11. The Balaban J connectivity index is 0.00000117. The van der Waals surface area contributed by atoms with Crippen LogP contribution < -0.4 is 11.1 Å². The number of aromatic nitrogens is 2. The molecular formula is C22H21N5O2. The van der Waals surface area contributed by atoms with Crippen LogP contribution in [0.3, 0.4) is 0 Å². The van der Waals surface area contributed by atoms with Crippen LogP contribution in [-0.2, 0) is 0 Å². The predicted molar refractivity (Wildman–Crippen MR) is 115 cm³/mol. The minimum atomic E-state index is -0.372. The number of furan rings is 1. The Kier molecular flexibility index (Phi) is 5.89. The van der Waals surface area contributed by atoms with E-state index in [0.29, 0.717) is 11.3 Å². The molecule has 0 fully saturated rings. The van der Waals surface area contributed by atoms with Crippen molar-refractivity contribution in [3.63, 3.8) is 0 Å². The number of hydrogen-bond donors (Lipinski definition) is 2. The van der Waals surface area contributed by atoms with Gasteiger partial charge in [-0.15, -0.1) is 13.2 Å². The van der Waals surface area contributed by atoms with Crippen LogP contribution in [-0.4, -0.2) is 21.4 Å². The number of nitrogens with zero attached hydrogens (tertiary/aromatic N) is 3. The summed E-state index contributed by atoms with van der Waals surface area (Å²) >= 11 is 0. The first kappa shape index (κ1) is 19.6. The van der Waals surface area contributed by atoms with Crippen LogP contribution in [0.4, 0.5) is 5.69 Å². The molecule has 0 bridgehead atoms. The van der Waals surface area contributed by atoms with Gasteiger partial charge in [0.25, 0.3) is 5.91 Å². The van der Waals surface area contributed by atoms with E-state index in [2.05, 4.69) is 28.5 Å². The topological polar surface area (TPSA) is 98.4 Å². The summed E-state index contributed by atoms with van der Waals surface area (Å²) in [5.74, 6) is 1.18. The van der Waals surface area contributed by atoms with Crippen molar-refractivity contribution >= 4 is 28.5 Å². The molecule has 146 valence electrons. The highest BCUT2D eigenvalue weighted by Gasteiger charge is 2.09. The lowest BCUT2D eigenvalue weighted by Crippen LogP contribution is -2.36. The molecule has 0 atom stereocenters. The van der Waals surface area contributed by atoms with Gasteiger partial charge in [0, 0.05) is 24.0 Å². The fraction of sp³-hybridized carbons (Fsp3) is 0.0455. The zero-order valence-electron chi connectivity index (χ0n) is 16.0. The maximum Gasteiger partial charge on any atom is 0.259 e. The highest BCUT2D eigenvalue weighted by molar-refractivity contribution is 6.05. The monoisotopic (exact) mass is 387 g/mol. The van der Waals surface area contributed by atoms with E-state index in [4.69, 9.17) is 10.2 Å². The van der Waals surface area contributed by atoms with Crippen molar-refractivity contribution in [1.29, 1.82) is 0 Å². The summed E-state index contributed by atoms with van der Waals surface area (Å²) in [6.45, 7) is 7.88. The largest absolute Gasteiger partial charge is 0.461 e. The van der Waals surface area contributed by atoms with Crippen molar-refractivity contribution in [2.45, 2.75) is 6.92 Å². The van der Waals surface area contributed by atoms with Gasteiger partial charge in [-0.05, 0) is 55.5 Å². The molecule has 1 aromatic carbocycles. The van der Waals surface area contributed by atoms with E-state index in [0.717, 1.165) is 22.5 Å². The quantitative estimate of drug-likeness (QED) is 0.314. The van der Waals surface area contributed by atoms with Crippen LogP contribution in [0.2, 0.25) is 0 Å². The third-order valence-electron chi connectivity index (χ3n) is 3.99. The molecule has 29 heavy (non-hydrogen) atoms. The standard InChI is InChI=1S/C20H17N5O2.C2H4/c1-13-10-15-11-16(5-6-17(15)27-13)23-20(21)24-19(26)14-4-7-18(22-12-14)25-8-2-3-9-25;1-2/h2-12H,1H3,(H3,21,23,24,26);1-2H2. The van der Waals surface area contributed by atoms with Crippen LogP contribution >= 0.6 is 0 Å². The normalized spacial score (nSPS) is 11.0. The Hall–Kier alpha value is -4.13. The van der Waals surface area contributed by atoms with Gasteiger partial charge in [-0.25, -0.2) is 9.98 Å². The summed E-state index contributed by atoms with van der Waals surface area (Å²) < 4.78 is 7.38. The van der Waals surface area contributed by atoms with Crippen molar-refractivity contribution < 1.29 is 9.21 Å². The first-order valence-electron chi connectivity index (χ1n) is 8.83. The number of fused-ring (bicyclic) bond motifs is 1. The number of amides is 1. The summed E-state index contributed by atoms with van der Waals surface area (Å²) in [6.07, 6.45) is 5.26. The lowest BCUT2D eigenvalue weighted by Gasteiger charge is -2.06. The maximum atomic E-state index is 12.3. The Labute approximate surface area is 168 Å². The number of guanidine groups is 1. The third-order valence-corrected chi connectivity index (χ3v) is 3.99. The number of benzene rings is 1. The van der Waals surface area contributed by atoms with Gasteiger partial charge in [0.15, 0.2) is 0 Å². The Morgan fingerprint density at radius 3 is 2.62 bits per heavy atom. The Morgan fingerprint density at radius 2 is 1.93 bits per heavy atom. The third kappa shape index (κ3) is 4.59. The molecule has 0 aliphatic rings. The molecule has 0 aliphatic heterocycles. The van der Waals surface area contributed by atoms with Gasteiger partial charge in [0.05, 0.1) is 11.3 Å². The van der Waals surface area contributed by atoms with Crippen molar-refractivity contribution in [1.82, 2.24) is 14.9 Å². The van der Waals surface area contributed by atoms with Gasteiger partial charge in [-0.2, -0.15) is 0 Å². The molecule has 3 N–H and O–H groups in total. The smallest absolute Gasteiger partial charge is 0.259 e. The van der Waals surface area contributed by atoms with Crippen LogP contribution in [0.25, 0.3) is 16.8 Å². The number of pyridine rings is 1. The number of hydrogen-bond acceptors (Lipinski definition) is 4. The number of aryl methyl sites for hydroxylation is 1. The summed E-state index contributed by atoms with van der Waals surface area (Å²) in [4.78, 5) is 20.8. The molecule has 0 radical (unpaired) electrons. The first-order valence-corrected chi connectivity index (χ1v) is 8.83. The average molecular weight is 387 g/mol. The SMILES string of the molecule is C=C.Cc1cc2cc(N=C(N)NC(=O)c3ccc(-n4cccc4)nc3)ccc2o1. The Bertz CT molecular complexity index is 1140. The summed E-state index contributed by atoms with van der Waals surface area (Å²) in [7, 11) is 0. The average Bonchev–Trinajstić information content (AvgIpc) is 3.38. The molecule has 0 saturated heterocycles. The molecule has 0 aliphatic carbocycles. The molecule has 4 aromatic rings. The second-order valence-electron chi connectivity index (χ2n) is 6.03. The van der Waals surface area contributed by atoms with Crippen LogP contribution in [0.15, 0.2) is 89.7 Å². The van der Waals surface area contributed by atoms with E-state index in [9.17, 15) is 4.79 Å². The fourth-order valence-corrected chi connectivity index (χ4v) is 2.75. The Morgan fingerprint density at radius 1 is 1.17 bits per heavy atom.